The fourth-order valence-electron chi connectivity index (χ4n) is 7.68. The number of carbonyl (C=O) groups excluding carboxylic acids is 1. The van der Waals surface area contributed by atoms with Crippen LogP contribution in [0.2, 0.25) is 13.3 Å². The van der Waals surface area contributed by atoms with Gasteiger partial charge in [0.15, 0.2) is 0 Å². The number of carbonyl (C=O) groups is 1. The Labute approximate surface area is 276 Å². The van der Waals surface area contributed by atoms with E-state index in [0.717, 1.165) is 50.6 Å². The van der Waals surface area contributed by atoms with Crippen LogP contribution >= 0.6 is 0 Å². The van der Waals surface area contributed by atoms with Gasteiger partial charge in [-0.05, 0) is 12.1 Å². The van der Waals surface area contributed by atoms with Crippen molar-refractivity contribution in [1.82, 2.24) is 9.80 Å². The minimum absolute atomic E-state index is 0.0101. The number of unbranched alkanes of at least 4 members (excludes halogenated alkanes) is 3. The van der Waals surface area contributed by atoms with Crippen molar-refractivity contribution in [3.8, 4) is 5.75 Å². The zero-order valence-corrected chi connectivity index (χ0v) is 31.1. The van der Waals surface area contributed by atoms with Gasteiger partial charge in [0.2, 0.25) is 0 Å². The van der Waals surface area contributed by atoms with Gasteiger partial charge in [0.05, 0.1) is 7.11 Å². The predicted octanol–water partition coefficient (Wildman–Crippen LogP) is 8.12. The van der Waals surface area contributed by atoms with Gasteiger partial charge in [-0.2, -0.15) is 0 Å². The number of fused-ring (bicyclic) bond motifs is 1. The van der Waals surface area contributed by atoms with Gasteiger partial charge < -0.3 is 4.74 Å². The number of benzene rings is 3. The van der Waals surface area contributed by atoms with Gasteiger partial charge in [-0.3, -0.25) is 0 Å². The molecule has 2 heterocycles. The molecule has 242 valence electrons. The number of amides is 1. The molecule has 1 saturated heterocycles. The number of anilines is 1. The first-order valence-corrected chi connectivity index (χ1v) is 25.1. The Balaban J connectivity index is 1.37. The fourth-order valence-corrected chi connectivity index (χ4v) is 23.6. The van der Waals surface area contributed by atoms with Crippen LogP contribution in [0.4, 0.5) is 5.69 Å². The number of rotatable bonds is 16. The summed E-state index contributed by atoms with van der Waals surface area (Å²) in [5, 5.41) is 0. The van der Waals surface area contributed by atoms with Crippen LogP contribution in [0.1, 0.15) is 86.8 Å². The van der Waals surface area contributed by atoms with E-state index in [0.29, 0.717) is 0 Å². The van der Waals surface area contributed by atoms with E-state index in [9.17, 15) is 4.79 Å². The van der Waals surface area contributed by atoms with Gasteiger partial charge in [-0.15, -0.1) is 0 Å². The van der Waals surface area contributed by atoms with Crippen LogP contribution in [0.3, 0.4) is 0 Å². The van der Waals surface area contributed by atoms with Gasteiger partial charge in [-0.1, -0.05) is 12.1 Å². The summed E-state index contributed by atoms with van der Waals surface area (Å²) in [6, 6.07) is 26.3. The number of nitrogens with zero attached hydrogens (tertiary/aromatic N) is 3. The van der Waals surface area contributed by atoms with Crippen molar-refractivity contribution in [1.29, 1.82) is 0 Å². The van der Waals surface area contributed by atoms with Crippen molar-refractivity contribution < 1.29 is 9.53 Å². The van der Waals surface area contributed by atoms with Gasteiger partial charge in [0.1, 0.15) is 5.75 Å². The Morgan fingerprint density at radius 2 is 1.38 bits per heavy atom. The fraction of sp³-hybridized carbons (Fsp3) is 0.513. The summed E-state index contributed by atoms with van der Waals surface area (Å²) in [5.41, 5.74) is 4.57. The molecule has 2 aliphatic heterocycles. The summed E-state index contributed by atoms with van der Waals surface area (Å²) in [5.74, 6) is 1.17. The standard InChI is InChI=1S/C27H28N3O2.3C4H9.Sn/c1-32-25-14-8-7-13-24(25)29-18-15-28(16-19-29)17-20-30-26(21-9-3-2-4-10-21)22-11-5-6-12-23(22)27(30)31;3*1-3-4-2;/h2-5,7-14,26H,15-20H2,1H3;3*1,3-4H2,2H3;. The van der Waals surface area contributed by atoms with Gasteiger partial charge in [0, 0.05) is 0 Å². The molecule has 1 fully saturated rings. The molecular weight excluding hydrogens is 661 g/mol. The molecule has 0 saturated carbocycles. The molecule has 0 spiro atoms. The van der Waals surface area contributed by atoms with Gasteiger partial charge in [-0.25, -0.2) is 0 Å². The monoisotopic (exact) mass is 717 g/mol. The summed E-state index contributed by atoms with van der Waals surface area (Å²) in [7, 11) is 1.75. The number of piperazine rings is 1. The molecule has 6 heteroatoms. The molecule has 3 aromatic carbocycles. The third kappa shape index (κ3) is 7.73. The summed E-state index contributed by atoms with van der Waals surface area (Å²) in [6.07, 6.45) is 7.78. The van der Waals surface area contributed by atoms with Crippen LogP contribution < -0.4 is 13.2 Å². The van der Waals surface area contributed by atoms with Crippen LogP contribution in [0, 0.1) is 0 Å². The SMILES string of the molecule is CCC[CH2][Sn]([CH2]CCC)([CH2]CCC)[c]1ccc2c(c1)C(=O)N(CCN1CCN(c3ccccc3OC)CC1)C2c1ccccc1. The Hall–Kier alpha value is -2.51. The average Bonchev–Trinajstić information content (AvgIpc) is 3.38. The maximum absolute atomic E-state index is 14.4. The van der Waals surface area contributed by atoms with Gasteiger partial charge in [0.25, 0.3) is 0 Å². The Bertz CT molecular complexity index is 1350. The number of hydrogen-bond acceptors (Lipinski definition) is 4. The summed E-state index contributed by atoms with van der Waals surface area (Å²) in [4.78, 5) is 21.5. The topological polar surface area (TPSA) is 36.0 Å². The Morgan fingerprint density at radius 1 is 0.756 bits per heavy atom. The Morgan fingerprint density at radius 3 is 2.00 bits per heavy atom. The zero-order chi connectivity index (χ0) is 31.6. The van der Waals surface area contributed by atoms with Crippen molar-refractivity contribution in [3.05, 3.63) is 89.5 Å². The number of para-hydroxylation sites is 2. The predicted molar refractivity (Wildman–Crippen MR) is 192 cm³/mol. The van der Waals surface area contributed by atoms with Crippen molar-refractivity contribution in [2.24, 2.45) is 0 Å². The van der Waals surface area contributed by atoms with Crippen LogP contribution in [-0.2, 0) is 0 Å². The van der Waals surface area contributed by atoms with E-state index in [1.807, 2.05) is 12.1 Å². The molecular formula is C39H55N3O2Sn. The quantitative estimate of drug-likeness (QED) is 0.141. The molecule has 0 aromatic heterocycles. The van der Waals surface area contributed by atoms with Crippen molar-refractivity contribution in [2.75, 3.05) is 51.3 Å². The molecule has 1 amide bonds. The van der Waals surface area contributed by atoms with E-state index in [1.165, 1.54) is 68.6 Å². The van der Waals surface area contributed by atoms with Crippen LogP contribution in [-0.4, -0.2) is 80.5 Å². The van der Waals surface area contributed by atoms with Crippen LogP contribution in [0.5, 0.6) is 5.75 Å². The third-order valence-electron chi connectivity index (χ3n) is 10.4. The second kappa shape index (κ2) is 16.4. The zero-order valence-electron chi connectivity index (χ0n) is 28.3. The average molecular weight is 717 g/mol. The number of methoxy groups -OCH3 is 1. The molecule has 0 radical (unpaired) electrons. The van der Waals surface area contributed by atoms with E-state index in [-0.39, 0.29) is 11.9 Å². The molecule has 0 aliphatic carbocycles. The van der Waals surface area contributed by atoms with E-state index in [4.69, 9.17) is 4.74 Å². The van der Waals surface area contributed by atoms with E-state index < -0.39 is 18.4 Å². The second-order valence-corrected chi connectivity index (χ2v) is 26.4. The molecule has 0 N–H and O–H groups in total. The van der Waals surface area contributed by atoms with E-state index in [2.05, 4.69) is 96.1 Å². The van der Waals surface area contributed by atoms with Crippen LogP contribution in [0.15, 0.2) is 72.8 Å². The number of ether oxygens (including phenoxy) is 1. The van der Waals surface area contributed by atoms with Crippen LogP contribution in [0.25, 0.3) is 0 Å². The summed E-state index contributed by atoms with van der Waals surface area (Å²) >= 11 is -2.67. The Kier molecular flexibility index (Phi) is 12.3. The molecule has 5 nitrogen and oxygen atoms in total. The molecule has 5 rings (SSSR count). The van der Waals surface area contributed by atoms with Crippen molar-refractivity contribution in [3.63, 3.8) is 0 Å². The van der Waals surface area contributed by atoms with Gasteiger partial charge >= 0.3 is 236 Å². The first-order chi connectivity index (χ1) is 22.0. The molecule has 1 atom stereocenters. The summed E-state index contributed by atoms with van der Waals surface area (Å²) < 4.78 is 11.5. The summed E-state index contributed by atoms with van der Waals surface area (Å²) in [6.45, 7) is 12.5. The minimum atomic E-state index is -2.67. The van der Waals surface area contributed by atoms with Crippen molar-refractivity contribution in [2.45, 2.75) is 78.6 Å². The maximum atomic E-state index is 14.4. The molecule has 1 unspecified atom stereocenters. The first-order valence-electron chi connectivity index (χ1n) is 17.7. The molecule has 45 heavy (non-hydrogen) atoms. The van der Waals surface area contributed by atoms with E-state index >= 15 is 0 Å². The second-order valence-electron chi connectivity index (χ2n) is 13.2. The third-order valence-corrected chi connectivity index (χ3v) is 26.0. The normalized spacial score (nSPS) is 17.2. The van der Waals surface area contributed by atoms with Crippen molar-refractivity contribution >= 4 is 33.6 Å². The number of hydrogen-bond donors (Lipinski definition) is 0. The first kappa shape index (κ1) is 33.8. The molecule has 0 bridgehead atoms. The van der Waals surface area contributed by atoms with E-state index in [1.54, 1.807) is 10.7 Å². The molecule has 2 aliphatic rings. The molecule has 3 aromatic rings.